The predicted octanol–water partition coefficient (Wildman–Crippen LogP) is 1.35. The van der Waals surface area contributed by atoms with Crippen molar-refractivity contribution in [1.82, 2.24) is 11.1 Å². The first-order valence-corrected chi connectivity index (χ1v) is 5.98. The Hall–Kier alpha value is -0.940. The molecule has 1 unspecified atom stereocenters. The van der Waals surface area contributed by atoms with Crippen molar-refractivity contribution in [3.8, 4) is 0 Å². The Kier molecular flexibility index (Phi) is 8.62. The maximum absolute atomic E-state index is 5.66. The van der Waals surface area contributed by atoms with E-state index in [1.54, 1.807) is 0 Å². The smallest absolute Gasteiger partial charge is 0.0180 e. The molecule has 2 rings (SSSR count). The van der Waals surface area contributed by atoms with E-state index in [2.05, 4.69) is 11.8 Å². The van der Waals surface area contributed by atoms with Crippen molar-refractivity contribution in [3.05, 3.63) is 35.9 Å². The lowest BCUT2D eigenvalue weighted by Crippen LogP contribution is -2.26. The van der Waals surface area contributed by atoms with Gasteiger partial charge in [-0.25, -0.2) is 0 Å². The minimum absolute atomic E-state index is 0. The molecule has 7 N–H and O–H groups in total. The molecular formula is C13H26N4. The number of nitrogens with zero attached hydrogens (tertiary/aromatic N) is 1. The third-order valence-corrected chi connectivity index (χ3v) is 2.83. The highest BCUT2D eigenvalue weighted by Crippen LogP contribution is 2.04. The Labute approximate surface area is 105 Å². The van der Waals surface area contributed by atoms with Gasteiger partial charge in [0.25, 0.3) is 0 Å². The van der Waals surface area contributed by atoms with Gasteiger partial charge in [0.1, 0.15) is 0 Å². The van der Waals surface area contributed by atoms with Gasteiger partial charge >= 0.3 is 0 Å². The number of likely N-dealkylation sites (tertiary alicyclic amines) is 1. The summed E-state index contributed by atoms with van der Waals surface area (Å²) in [5, 5.41) is 0. The molecule has 0 aromatic heterocycles. The second kappa shape index (κ2) is 9.13. The van der Waals surface area contributed by atoms with E-state index in [0.717, 1.165) is 13.1 Å². The fraction of sp³-hybridized carbons (Fsp3) is 0.538. The predicted molar refractivity (Wildman–Crippen MR) is 74.1 cm³/mol. The summed E-state index contributed by atoms with van der Waals surface area (Å²) in [5.41, 5.74) is 12.2. The average molecular weight is 238 g/mol. The summed E-state index contributed by atoms with van der Waals surface area (Å²) in [4.78, 5) is 2.38. The van der Waals surface area contributed by atoms with Crippen LogP contribution in [-0.2, 0) is 6.54 Å². The molecule has 98 valence electrons. The molecule has 17 heavy (non-hydrogen) atoms. The van der Waals surface area contributed by atoms with E-state index >= 15 is 0 Å². The monoisotopic (exact) mass is 238 g/mol. The molecule has 1 atom stereocenters. The second-order valence-corrected chi connectivity index (χ2v) is 4.13. The van der Waals surface area contributed by atoms with Gasteiger partial charge in [0.15, 0.2) is 0 Å². The fourth-order valence-electron chi connectivity index (χ4n) is 1.76. The zero-order chi connectivity index (χ0) is 11.8. The van der Waals surface area contributed by atoms with Crippen molar-refractivity contribution in [1.29, 1.82) is 0 Å². The van der Waals surface area contributed by atoms with E-state index in [-0.39, 0.29) is 6.15 Å². The summed E-state index contributed by atoms with van der Waals surface area (Å²) in [7, 11) is 0. The first-order chi connectivity index (χ1) is 7.76. The fourth-order valence-corrected chi connectivity index (χ4v) is 1.76. The van der Waals surface area contributed by atoms with Crippen LogP contribution in [0.1, 0.15) is 18.9 Å². The first kappa shape index (κ1) is 16.1. The van der Waals surface area contributed by atoms with Crippen LogP contribution in [0.25, 0.3) is 0 Å². The Bertz CT molecular complexity index is 276. The maximum Gasteiger partial charge on any atom is 0.0180 e. The first-order valence-electron chi connectivity index (χ1n) is 5.98. The van der Waals surface area contributed by atoms with Crippen LogP contribution in [0.2, 0.25) is 0 Å². The molecular weight excluding hydrogens is 212 g/mol. The van der Waals surface area contributed by atoms with Crippen molar-refractivity contribution in [3.63, 3.8) is 0 Å². The van der Waals surface area contributed by atoms with Gasteiger partial charge in [-0.2, -0.15) is 0 Å². The molecule has 1 aliphatic heterocycles. The highest BCUT2D eigenvalue weighted by molar-refractivity contribution is 5.13. The summed E-state index contributed by atoms with van der Waals surface area (Å²) in [6, 6.07) is 10.4. The van der Waals surface area contributed by atoms with Gasteiger partial charge < -0.3 is 22.5 Å². The lowest BCUT2D eigenvalue weighted by atomic mass is 10.2. The van der Waals surface area contributed by atoms with Gasteiger partial charge in [0.2, 0.25) is 0 Å². The molecule has 1 heterocycles. The van der Waals surface area contributed by atoms with E-state index in [9.17, 15) is 0 Å². The third kappa shape index (κ3) is 6.38. The largest absolute Gasteiger partial charge is 0.344 e. The molecule has 4 heteroatoms. The van der Waals surface area contributed by atoms with Crippen molar-refractivity contribution < 1.29 is 0 Å². The summed E-state index contributed by atoms with van der Waals surface area (Å²) in [5.74, 6) is 0. The van der Waals surface area contributed by atoms with Gasteiger partial charge in [-0.1, -0.05) is 37.3 Å². The van der Waals surface area contributed by atoms with E-state index in [0.29, 0.717) is 12.6 Å². The van der Waals surface area contributed by atoms with Crippen LogP contribution in [-0.4, -0.2) is 30.6 Å². The van der Waals surface area contributed by atoms with Crippen LogP contribution in [0.15, 0.2) is 30.3 Å². The zero-order valence-electron chi connectivity index (χ0n) is 10.8. The van der Waals surface area contributed by atoms with Gasteiger partial charge in [-0.15, -0.1) is 0 Å². The Balaban J connectivity index is 0.000000284. The Morgan fingerprint density at radius 3 is 2.24 bits per heavy atom. The van der Waals surface area contributed by atoms with E-state index in [1.165, 1.54) is 18.5 Å². The maximum atomic E-state index is 5.66. The minimum Gasteiger partial charge on any atom is -0.344 e. The summed E-state index contributed by atoms with van der Waals surface area (Å²) in [6.07, 6.45) is 1.19. The minimum atomic E-state index is 0. The quantitative estimate of drug-likeness (QED) is 0.725. The molecule has 0 saturated carbocycles. The van der Waals surface area contributed by atoms with Crippen LogP contribution >= 0.6 is 0 Å². The molecule has 1 aromatic carbocycles. The molecule has 0 radical (unpaired) electrons. The number of benzene rings is 1. The lowest BCUT2D eigenvalue weighted by Gasteiger charge is -2.09. The van der Waals surface area contributed by atoms with Crippen LogP contribution in [0.4, 0.5) is 0 Å². The molecule has 1 aliphatic rings. The van der Waals surface area contributed by atoms with Crippen LogP contribution in [0, 0.1) is 0 Å². The standard InChI is InChI=1S/C7H9N.C6H14N2.H3N/c8-6-7-4-2-1-3-5-7;1-2-8-4-3-6(7)5-8;/h1-5H,6,8H2;6H,2-5,7H2,1H3;1H3. The second-order valence-electron chi connectivity index (χ2n) is 4.13. The molecule has 0 spiro atoms. The van der Waals surface area contributed by atoms with Gasteiger partial charge in [-0.05, 0) is 25.1 Å². The highest BCUT2D eigenvalue weighted by atomic mass is 15.2. The van der Waals surface area contributed by atoms with Gasteiger partial charge in [0, 0.05) is 19.1 Å². The van der Waals surface area contributed by atoms with E-state index in [4.69, 9.17) is 11.5 Å². The highest BCUT2D eigenvalue weighted by Gasteiger charge is 2.16. The van der Waals surface area contributed by atoms with Crippen LogP contribution in [0.5, 0.6) is 0 Å². The number of nitrogens with two attached hydrogens (primary N) is 2. The normalized spacial score (nSPS) is 19.1. The summed E-state index contributed by atoms with van der Waals surface area (Å²) in [6.45, 7) is 6.29. The topological polar surface area (TPSA) is 90.3 Å². The van der Waals surface area contributed by atoms with Crippen LogP contribution in [0.3, 0.4) is 0 Å². The summed E-state index contributed by atoms with van der Waals surface area (Å²) >= 11 is 0. The summed E-state index contributed by atoms with van der Waals surface area (Å²) < 4.78 is 0. The lowest BCUT2D eigenvalue weighted by molar-refractivity contribution is 0.354. The zero-order valence-corrected chi connectivity index (χ0v) is 10.8. The SMILES string of the molecule is CCN1CCC(N)C1.N.NCc1ccccc1. The molecule has 4 nitrogen and oxygen atoms in total. The number of rotatable bonds is 2. The average Bonchev–Trinajstić information content (AvgIpc) is 2.77. The van der Waals surface area contributed by atoms with Crippen molar-refractivity contribution >= 4 is 0 Å². The Morgan fingerprint density at radius 2 is 1.94 bits per heavy atom. The molecule has 0 amide bonds. The molecule has 1 saturated heterocycles. The number of hydrogen-bond acceptors (Lipinski definition) is 4. The van der Waals surface area contributed by atoms with Crippen molar-refractivity contribution in [2.45, 2.75) is 25.9 Å². The molecule has 1 aromatic rings. The number of hydrogen-bond donors (Lipinski definition) is 3. The Morgan fingerprint density at radius 1 is 1.29 bits per heavy atom. The van der Waals surface area contributed by atoms with Crippen molar-refractivity contribution in [2.75, 3.05) is 19.6 Å². The van der Waals surface area contributed by atoms with E-state index in [1.807, 2.05) is 30.3 Å². The van der Waals surface area contributed by atoms with Gasteiger partial charge in [0.05, 0.1) is 0 Å². The van der Waals surface area contributed by atoms with Gasteiger partial charge in [-0.3, -0.25) is 0 Å². The van der Waals surface area contributed by atoms with E-state index < -0.39 is 0 Å². The molecule has 1 fully saturated rings. The number of likely N-dealkylation sites (N-methyl/N-ethyl adjacent to an activating group) is 1. The molecule has 0 bridgehead atoms. The molecule has 0 aliphatic carbocycles. The van der Waals surface area contributed by atoms with Crippen LogP contribution < -0.4 is 17.6 Å². The third-order valence-electron chi connectivity index (χ3n) is 2.83. The van der Waals surface area contributed by atoms with Crippen molar-refractivity contribution in [2.24, 2.45) is 11.5 Å².